The van der Waals surface area contributed by atoms with Crippen molar-refractivity contribution in [3.8, 4) is 0 Å². The van der Waals surface area contributed by atoms with Crippen molar-refractivity contribution in [2.45, 2.75) is 18.2 Å². The zero-order valence-electron chi connectivity index (χ0n) is 11.1. The van der Waals surface area contributed by atoms with Gasteiger partial charge >= 0.3 is 0 Å². The molecule has 1 aromatic carbocycles. The number of carbonyl (C=O) groups is 1. The molecule has 0 heterocycles. The first kappa shape index (κ1) is 15.3. The summed E-state index contributed by atoms with van der Waals surface area (Å²) in [7, 11) is 2.76. The molecule has 2 rings (SSSR count). The molecule has 110 valence electrons. The average molecular weight is 320 g/mol. The minimum Gasteiger partial charge on any atom is -0.341 e. The molecule has 1 aliphatic carbocycles. The van der Waals surface area contributed by atoms with E-state index in [-0.39, 0.29) is 10.5 Å². The lowest BCUT2D eigenvalue weighted by atomic mass is 10.2. The number of halogens is 2. The van der Waals surface area contributed by atoms with E-state index in [1.165, 1.54) is 4.90 Å². The van der Waals surface area contributed by atoms with E-state index in [9.17, 15) is 17.6 Å². The predicted octanol–water partition coefficient (Wildman–Crippen LogP) is 2.48. The SMILES string of the molecule is CC1CC1CN(C)C(=O)c1cc(F)ccc1S(=O)(=O)Cl. The van der Waals surface area contributed by atoms with Gasteiger partial charge in [-0.2, -0.15) is 0 Å². The van der Waals surface area contributed by atoms with E-state index in [1.807, 2.05) is 0 Å². The summed E-state index contributed by atoms with van der Waals surface area (Å²) < 4.78 is 36.2. The predicted molar refractivity (Wildman–Crippen MR) is 73.7 cm³/mol. The zero-order chi connectivity index (χ0) is 15.1. The van der Waals surface area contributed by atoms with Gasteiger partial charge in [-0.05, 0) is 36.5 Å². The third-order valence-corrected chi connectivity index (χ3v) is 4.95. The Bertz CT molecular complexity index is 647. The third kappa shape index (κ3) is 3.30. The largest absolute Gasteiger partial charge is 0.341 e. The lowest BCUT2D eigenvalue weighted by Gasteiger charge is -2.18. The highest BCUT2D eigenvalue weighted by atomic mass is 35.7. The van der Waals surface area contributed by atoms with Gasteiger partial charge in [0, 0.05) is 24.3 Å². The third-order valence-electron chi connectivity index (χ3n) is 3.57. The van der Waals surface area contributed by atoms with Gasteiger partial charge in [0.05, 0.1) is 10.5 Å². The Morgan fingerprint density at radius 1 is 1.50 bits per heavy atom. The minimum absolute atomic E-state index is 0.226. The maximum absolute atomic E-state index is 13.3. The van der Waals surface area contributed by atoms with Crippen molar-refractivity contribution in [2.24, 2.45) is 11.8 Å². The summed E-state index contributed by atoms with van der Waals surface area (Å²) in [6.07, 6.45) is 1.04. The normalized spacial score (nSPS) is 21.6. The van der Waals surface area contributed by atoms with Crippen molar-refractivity contribution in [1.82, 2.24) is 4.90 Å². The lowest BCUT2D eigenvalue weighted by molar-refractivity contribution is 0.0782. The van der Waals surface area contributed by atoms with E-state index < -0.39 is 20.8 Å². The monoisotopic (exact) mass is 319 g/mol. The van der Waals surface area contributed by atoms with Crippen LogP contribution in [0.1, 0.15) is 23.7 Å². The Hall–Kier alpha value is -1.14. The van der Waals surface area contributed by atoms with Crippen molar-refractivity contribution >= 4 is 25.6 Å². The molecule has 2 atom stereocenters. The molecule has 2 unspecified atom stereocenters. The molecule has 1 fully saturated rings. The van der Waals surface area contributed by atoms with Crippen LogP contribution in [0.2, 0.25) is 0 Å². The molecule has 0 bridgehead atoms. The fourth-order valence-electron chi connectivity index (χ4n) is 2.18. The van der Waals surface area contributed by atoms with Crippen molar-refractivity contribution in [2.75, 3.05) is 13.6 Å². The Morgan fingerprint density at radius 3 is 2.60 bits per heavy atom. The average Bonchev–Trinajstić information content (AvgIpc) is 3.02. The maximum Gasteiger partial charge on any atom is 0.262 e. The molecule has 0 aromatic heterocycles. The van der Waals surface area contributed by atoms with Crippen LogP contribution in [-0.2, 0) is 9.05 Å². The topological polar surface area (TPSA) is 54.5 Å². The number of carbonyl (C=O) groups excluding carboxylic acids is 1. The quantitative estimate of drug-likeness (QED) is 0.801. The number of amides is 1. The summed E-state index contributed by atoms with van der Waals surface area (Å²) >= 11 is 0. The molecular formula is C13H15ClFNO3S. The van der Waals surface area contributed by atoms with E-state index in [4.69, 9.17) is 10.7 Å². The number of nitrogens with zero attached hydrogens (tertiary/aromatic N) is 1. The molecule has 7 heteroatoms. The van der Waals surface area contributed by atoms with Gasteiger partial charge < -0.3 is 4.90 Å². The van der Waals surface area contributed by atoms with E-state index >= 15 is 0 Å². The van der Waals surface area contributed by atoms with Crippen LogP contribution in [0.15, 0.2) is 23.1 Å². The summed E-state index contributed by atoms with van der Waals surface area (Å²) in [5.74, 6) is -0.226. The van der Waals surface area contributed by atoms with Gasteiger partial charge in [-0.25, -0.2) is 12.8 Å². The van der Waals surface area contributed by atoms with E-state index in [1.54, 1.807) is 7.05 Å². The second kappa shape index (κ2) is 5.33. The van der Waals surface area contributed by atoms with E-state index in [2.05, 4.69) is 6.92 Å². The first-order chi connectivity index (χ1) is 9.20. The molecule has 1 aliphatic rings. The first-order valence-electron chi connectivity index (χ1n) is 6.20. The number of rotatable bonds is 4. The zero-order valence-corrected chi connectivity index (χ0v) is 12.7. The molecule has 4 nitrogen and oxygen atoms in total. The van der Waals surface area contributed by atoms with Gasteiger partial charge in [0.25, 0.3) is 15.0 Å². The van der Waals surface area contributed by atoms with Crippen molar-refractivity contribution in [3.05, 3.63) is 29.6 Å². The smallest absolute Gasteiger partial charge is 0.262 e. The summed E-state index contributed by atoms with van der Waals surface area (Å²) in [6.45, 7) is 2.61. The fraction of sp³-hybridized carbons (Fsp3) is 0.462. The molecule has 0 saturated heterocycles. The van der Waals surface area contributed by atoms with Crippen LogP contribution < -0.4 is 0 Å². The second-order valence-electron chi connectivity index (χ2n) is 5.24. The maximum atomic E-state index is 13.3. The van der Waals surface area contributed by atoms with Crippen molar-refractivity contribution < 1.29 is 17.6 Å². The molecule has 0 aliphatic heterocycles. The van der Waals surface area contributed by atoms with Gasteiger partial charge in [0.2, 0.25) is 0 Å². The summed E-state index contributed by atoms with van der Waals surface area (Å²) in [5, 5.41) is 0. The summed E-state index contributed by atoms with van der Waals surface area (Å²) in [6, 6.07) is 2.89. The molecule has 0 spiro atoms. The first-order valence-corrected chi connectivity index (χ1v) is 8.50. The molecule has 1 saturated carbocycles. The van der Waals surface area contributed by atoms with Gasteiger partial charge in [0.1, 0.15) is 5.82 Å². The van der Waals surface area contributed by atoms with Crippen LogP contribution in [0, 0.1) is 17.7 Å². The Balaban J connectivity index is 2.30. The van der Waals surface area contributed by atoms with Crippen LogP contribution in [0.4, 0.5) is 4.39 Å². The van der Waals surface area contributed by atoms with Crippen LogP contribution >= 0.6 is 10.7 Å². The molecule has 1 aromatic rings. The van der Waals surface area contributed by atoms with Gasteiger partial charge in [-0.3, -0.25) is 4.79 Å². The number of benzene rings is 1. The van der Waals surface area contributed by atoms with E-state index in [0.29, 0.717) is 18.4 Å². The van der Waals surface area contributed by atoms with Crippen LogP contribution in [0.25, 0.3) is 0 Å². The molecule has 1 amide bonds. The van der Waals surface area contributed by atoms with Gasteiger partial charge in [-0.1, -0.05) is 6.92 Å². The van der Waals surface area contributed by atoms with Crippen molar-refractivity contribution in [1.29, 1.82) is 0 Å². The van der Waals surface area contributed by atoms with Gasteiger partial charge in [-0.15, -0.1) is 0 Å². The summed E-state index contributed by atoms with van der Waals surface area (Å²) in [4.78, 5) is 13.3. The Labute approximate surface area is 121 Å². The number of hydrogen-bond acceptors (Lipinski definition) is 3. The standard InChI is InChI=1S/C13H15ClFNO3S/c1-8-5-9(8)7-16(2)13(17)11-6-10(15)3-4-12(11)20(14,18)19/h3-4,6,8-9H,5,7H2,1-2H3. The summed E-state index contributed by atoms with van der Waals surface area (Å²) in [5.41, 5.74) is -0.226. The minimum atomic E-state index is -4.09. The number of hydrogen-bond donors (Lipinski definition) is 0. The van der Waals surface area contributed by atoms with Gasteiger partial charge in [0.15, 0.2) is 0 Å². The Morgan fingerprint density at radius 2 is 2.10 bits per heavy atom. The highest BCUT2D eigenvalue weighted by molar-refractivity contribution is 8.13. The van der Waals surface area contributed by atoms with E-state index in [0.717, 1.165) is 24.6 Å². The Kier molecular flexibility index (Phi) is 4.07. The van der Waals surface area contributed by atoms with Crippen molar-refractivity contribution in [3.63, 3.8) is 0 Å². The van der Waals surface area contributed by atoms with Crippen LogP contribution in [-0.4, -0.2) is 32.8 Å². The van der Waals surface area contributed by atoms with Crippen LogP contribution in [0.5, 0.6) is 0 Å². The molecular weight excluding hydrogens is 305 g/mol. The second-order valence-corrected chi connectivity index (χ2v) is 7.77. The highest BCUT2D eigenvalue weighted by Gasteiger charge is 2.35. The molecule has 0 radical (unpaired) electrons. The van der Waals surface area contributed by atoms with Crippen LogP contribution in [0.3, 0.4) is 0 Å². The molecule has 20 heavy (non-hydrogen) atoms. The lowest BCUT2D eigenvalue weighted by Crippen LogP contribution is -2.30. The fourth-order valence-corrected chi connectivity index (χ4v) is 3.22. The highest BCUT2D eigenvalue weighted by Crippen LogP contribution is 2.38. The molecule has 0 N–H and O–H groups in total.